The summed E-state index contributed by atoms with van der Waals surface area (Å²) in [6.45, 7) is 4.23. The van der Waals surface area contributed by atoms with E-state index >= 15 is 0 Å². The third-order valence-corrected chi connectivity index (χ3v) is 28.0. The van der Waals surface area contributed by atoms with Gasteiger partial charge in [0.2, 0.25) is 23.8 Å². The van der Waals surface area contributed by atoms with Crippen LogP contribution in [0.3, 0.4) is 0 Å². The number of nitrogens with one attached hydrogen (secondary N) is 4. The van der Waals surface area contributed by atoms with Gasteiger partial charge in [-0.1, -0.05) is 30.3 Å². The average Bonchev–Trinajstić information content (AvgIpc) is 1.62. The maximum Gasteiger partial charge on any atom is 0.416 e. The van der Waals surface area contributed by atoms with Crippen molar-refractivity contribution in [1.82, 2.24) is 38.2 Å². The van der Waals surface area contributed by atoms with E-state index in [1.165, 1.54) is 80.8 Å². The number of carbonyl (C=O) groups excluding carboxylic acids is 8. The standard InChI is InChI=1S/C25H25F3N4O5.C25H26F2N4O5.C25H25N5O5.C25H28N4O6S/c1-36-20-11-18-17(10-19(20)31-7-8-37-12-21(31)34)29-23(32(18)13-24(14-33)5-6-24)30-22(35)15-3-2-4-16(9-15)25(26,27)28;1-35-20-11-18-17(10-19(20)30-7-8-36-12-21(30)33)28-24(31(18)13-25(14-32)5-6-25)29-23(34)16-4-2-3-15(9-16)22(26)27;1-34-21-11-19-18(10-20(21)29-7-8-35-13-22(29)32)27-24(30(19)14-25(15-31)5-6-25)28-23(33)17-4-2-3-16(9-17)12-26;1-36(33,34)20-4-2-3-16(13-20)24(32)27-25-26-21-14-18(28-11-12-35-15-23(28)31)7-10-22(21)29(25)17-5-8-19(30)9-6-17/h2-4,9-11,33H,5-8,12-14H2,1H3,(H,29,30,35);2-4,9-11,22,32H,5-8,12-14H2,1H3,(H,28,29,34);2-4,9-11,31H,5-8,13-15H2,1H3,(H,27,28,33);2-4,7,10,13-14,17,19,30H,5-6,8-9,11-12,15H2,1H3,(H,26,27,32). The van der Waals surface area contributed by atoms with E-state index in [4.69, 9.17) is 43.4 Å². The van der Waals surface area contributed by atoms with Crippen LogP contribution in [0.2, 0.25) is 0 Å². The molecule has 4 saturated heterocycles. The summed E-state index contributed by atoms with van der Waals surface area (Å²) in [4.78, 5) is 127. The number of sulfone groups is 1. The predicted octanol–water partition coefficient (Wildman–Crippen LogP) is 11.7. The summed E-state index contributed by atoms with van der Waals surface area (Å²) in [6.07, 6.45) is 1.16. The van der Waals surface area contributed by atoms with Gasteiger partial charge in [-0.05, 0) is 167 Å². The number of nitriles is 1. The number of aromatic nitrogens is 8. The number of anilines is 8. The van der Waals surface area contributed by atoms with E-state index in [2.05, 4.69) is 36.2 Å². The van der Waals surface area contributed by atoms with Gasteiger partial charge in [0.05, 0.1) is 157 Å². The number of alkyl halides is 5. The quantitative estimate of drug-likeness (QED) is 0.0222. The minimum atomic E-state index is -4.59. The Labute approximate surface area is 820 Å². The van der Waals surface area contributed by atoms with Crippen molar-refractivity contribution in [2.75, 3.05) is 167 Å². The van der Waals surface area contributed by atoms with Crippen molar-refractivity contribution in [3.8, 4) is 23.3 Å². The molecule has 4 aliphatic carbocycles. The van der Waals surface area contributed by atoms with Gasteiger partial charge in [-0.15, -0.1) is 0 Å². The van der Waals surface area contributed by atoms with Gasteiger partial charge in [0.15, 0.2) is 9.84 Å². The Morgan fingerprint density at radius 2 is 0.840 bits per heavy atom. The highest BCUT2D eigenvalue weighted by Crippen LogP contribution is 2.52. The van der Waals surface area contributed by atoms with Crippen LogP contribution in [0.25, 0.3) is 44.1 Å². The molecule has 756 valence electrons. The summed E-state index contributed by atoms with van der Waals surface area (Å²) in [5.74, 6) is -0.602. The molecule has 8 amide bonds. The summed E-state index contributed by atoms with van der Waals surface area (Å²) in [5, 5.41) is 60.1. The summed E-state index contributed by atoms with van der Waals surface area (Å²) in [5.41, 5.74) is 5.90. The molecule has 8 N–H and O–H groups in total. The molecular formula is C100H104F5N17O21S. The van der Waals surface area contributed by atoms with E-state index in [0.717, 1.165) is 81.3 Å². The monoisotopic (exact) mass is 2010 g/mol. The van der Waals surface area contributed by atoms with Crippen molar-refractivity contribution in [3.63, 3.8) is 0 Å². The summed E-state index contributed by atoms with van der Waals surface area (Å²) in [6, 6.07) is 39.8. The highest BCUT2D eigenvalue weighted by Gasteiger charge is 2.47. The lowest BCUT2D eigenvalue weighted by atomic mass is 9.93. The zero-order chi connectivity index (χ0) is 102. The fourth-order valence-corrected chi connectivity index (χ4v) is 18.7. The summed E-state index contributed by atoms with van der Waals surface area (Å²) >= 11 is 0. The zero-order valence-corrected chi connectivity index (χ0v) is 79.6. The number of morpholine rings is 4. The fourth-order valence-electron chi connectivity index (χ4n) is 18.0. The molecule has 44 heteroatoms. The molecule has 0 bridgehead atoms. The number of rotatable bonds is 27. The molecule has 8 aromatic carbocycles. The SMILES string of the molecule is COc1cc2c(cc1N1CCOCC1=O)nc(NC(=O)c1cccc(C#N)c1)n2CC1(CO)CC1.COc1cc2c(cc1N1CCOCC1=O)nc(NC(=O)c1cccc(C(F)(F)F)c1)n2CC1(CO)CC1.COc1cc2c(cc1N1CCOCC1=O)nc(NC(=O)c1cccc(C(F)F)c1)n2CC1(CO)CC1.CS(=O)(=O)c1cccc(C(=O)Nc2nc3cc(N4CCOCC4=O)ccc3n2C2CCC(O)CC2)c1. The minimum Gasteiger partial charge on any atom is -0.494 e. The van der Waals surface area contributed by atoms with Gasteiger partial charge in [0.25, 0.3) is 53.7 Å². The predicted molar refractivity (Wildman–Crippen MR) is 516 cm³/mol. The van der Waals surface area contributed by atoms with E-state index in [1.54, 1.807) is 84.5 Å². The van der Waals surface area contributed by atoms with Crippen LogP contribution in [0.4, 0.5) is 68.5 Å². The largest absolute Gasteiger partial charge is 0.494 e. The van der Waals surface area contributed by atoms with Crippen LogP contribution in [0.1, 0.15) is 135 Å². The number of imidazole rings is 4. The highest BCUT2D eigenvalue weighted by atomic mass is 32.2. The van der Waals surface area contributed by atoms with Crippen LogP contribution in [-0.4, -0.2) is 247 Å². The topological polar surface area (TPSA) is 472 Å². The molecular weight excluding hydrogens is 1900 g/mol. The molecule has 0 atom stereocenters. The molecule has 4 saturated carbocycles. The van der Waals surface area contributed by atoms with E-state index in [0.29, 0.717) is 187 Å². The molecule has 8 heterocycles. The lowest BCUT2D eigenvalue weighted by molar-refractivity contribution is -0.137. The normalized spacial score (nSPS) is 18.0. The average molecular weight is 2010 g/mol. The molecule has 144 heavy (non-hydrogen) atoms. The summed E-state index contributed by atoms with van der Waals surface area (Å²) < 4.78 is 135. The maximum absolute atomic E-state index is 13.2. The number of benzene rings is 8. The van der Waals surface area contributed by atoms with Gasteiger partial charge in [-0.2, -0.15) is 18.4 Å². The van der Waals surface area contributed by atoms with Crippen LogP contribution < -0.4 is 55.1 Å². The first kappa shape index (κ1) is 101. The van der Waals surface area contributed by atoms with Crippen molar-refractivity contribution >= 4 is 148 Å². The Morgan fingerprint density at radius 3 is 1.22 bits per heavy atom. The van der Waals surface area contributed by atoms with E-state index in [9.17, 15) is 89.2 Å². The molecule has 12 aromatic rings. The van der Waals surface area contributed by atoms with Gasteiger partial charge >= 0.3 is 6.18 Å². The number of aliphatic hydroxyl groups excluding tert-OH is 4. The molecule has 0 radical (unpaired) electrons. The Hall–Kier alpha value is -14.4. The number of methoxy groups -OCH3 is 3. The number of aliphatic hydroxyl groups is 4. The number of halogens is 5. The maximum atomic E-state index is 13.2. The minimum absolute atomic E-state index is 0.00226. The van der Waals surface area contributed by atoms with Gasteiger partial charge in [-0.3, -0.25) is 59.6 Å². The lowest BCUT2D eigenvalue weighted by Gasteiger charge is -2.28. The number of hydrogen-bond acceptors (Lipinski definition) is 26. The molecule has 8 fully saturated rings. The molecule has 4 aliphatic heterocycles. The number of hydrogen-bond donors (Lipinski definition) is 8. The van der Waals surface area contributed by atoms with Crippen molar-refractivity contribution in [2.45, 2.75) is 113 Å². The second-order valence-corrected chi connectivity index (χ2v) is 38.7. The first-order valence-electron chi connectivity index (χ1n) is 46.6. The van der Waals surface area contributed by atoms with Gasteiger partial charge in [-0.25, -0.2) is 37.1 Å². The Morgan fingerprint density at radius 1 is 0.472 bits per heavy atom. The van der Waals surface area contributed by atoms with Crippen LogP contribution in [0, 0.1) is 27.6 Å². The van der Waals surface area contributed by atoms with Gasteiger partial charge in [0, 0.05) is 126 Å². The van der Waals surface area contributed by atoms with Crippen LogP contribution in [0.5, 0.6) is 17.2 Å². The zero-order valence-electron chi connectivity index (χ0n) is 78.8. The van der Waals surface area contributed by atoms with Crippen LogP contribution in [-0.2, 0) is 73.8 Å². The number of carbonyl (C=O) groups is 8. The van der Waals surface area contributed by atoms with Crippen molar-refractivity contribution < 1.29 is 122 Å². The molecule has 20 rings (SSSR count). The molecule has 4 aromatic heterocycles. The Balaban J connectivity index is 0.000000132. The Kier molecular flexibility index (Phi) is 29.6. The fraction of sp³-hybridized carbons (Fsp3) is 0.390. The first-order valence-corrected chi connectivity index (χ1v) is 48.5. The smallest absolute Gasteiger partial charge is 0.416 e. The number of fused-ring (bicyclic) bond motifs is 4. The van der Waals surface area contributed by atoms with E-state index in [-0.39, 0.29) is 137 Å². The lowest BCUT2D eigenvalue weighted by Crippen LogP contribution is -2.41. The van der Waals surface area contributed by atoms with Crippen molar-refractivity contribution in [2.24, 2.45) is 16.2 Å². The van der Waals surface area contributed by atoms with Crippen LogP contribution >= 0.6 is 0 Å². The van der Waals surface area contributed by atoms with E-state index in [1.807, 2.05) is 33.4 Å². The number of nitrogens with zero attached hydrogens (tertiary/aromatic N) is 13. The molecule has 0 spiro atoms. The van der Waals surface area contributed by atoms with Gasteiger partial charge < -0.3 is 91.5 Å². The second-order valence-electron chi connectivity index (χ2n) is 36.7. The van der Waals surface area contributed by atoms with E-state index < -0.39 is 51.6 Å². The molecule has 0 unspecified atom stereocenters. The summed E-state index contributed by atoms with van der Waals surface area (Å²) in [7, 11) is 1.05. The molecule has 8 aliphatic rings. The second kappa shape index (κ2) is 42.2. The van der Waals surface area contributed by atoms with Crippen molar-refractivity contribution in [1.29, 1.82) is 5.26 Å². The Bertz CT molecular complexity index is 7140. The highest BCUT2D eigenvalue weighted by molar-refractivity contribution is 7.90. The molecule has 38 nitrogen and oxygen atoms in total. The van der Waals surface area contributed by atoms with Crippen LogP contribution in [0.15, 0.2) is 157 Å². The van der Waals surface area contributed by atoms with Gasteiger partial charge in [0.1, 0.15) is 43.7 Å². The number of amides is 8. The first-order chi connectivity index (χ1) is 69.1. The third kappa shape index (κ3) is 22.2. The van der Waals surface area contributed by atoms with Crippen molar-refractivity contribution in [3.05, 3.63) is 191 Å². The number of ether oxygens (including phenoxy) is 7. The third-order valence-electron chi connectivity index (χ3n) is 26.9.